The molecule has 1 saturated heterocycles. The lowest BCUT2D eigenvalue weighted by Gasteiger charge is -2.31. The molecule has 2 atom stereocenters. The van der Waals surface area contributed by atoms with E-state index < -0.39 is 15.1 Å². The van der Waals surface area contributed by atoms with Crippen molar-refractivity contribution in [2.75, 3.05) is 49.5 Å². The molecule has 39 heavy (non-hydrogen) atoms. The van der Waals surface area contributed by atoms with E-state index in [0.29, 0.717) is 29.3 Å². The maximum atomic E-state index is 12.3. The van der Waals surface area contributed by atoms with Crippen molar-refractivity contribution in [1.82, 2.24) is 19.9 Å². The Morgan fingerprint density at radius 3 is 2.59 bits per heavy atom. The van der Waals surface area contributed by atoms with Gasteiger partial charge in [-0.25, -0.2) is 14.2 Å². The fraction of sp³-hybridized carbons (Fsp3) is 0.483. The molecule has 2 aliphatic rings. The van der Waals surface area contributed by atoms with E-state index in [1.54, 1.807) is 24.8 Å². The number of hydrogen-bond donors (Lipinski definition) is 2. The summed E-state index contributed by atoms with van der Waals surface area (Å²) in [5.74, 6) is 2.80. The lowest BCUT2D eigenvalue weighted by molar-refractivity contribution is 0.194. The minimum absolute atomic E-state index is 0.0623. The first kappa shape index (κ1) is 27.5. The molecule has 4 heterocycles. The highest BCUT2D eigenvalue weighted by Crippen LogP contribution is 2.47. The van der Waals surface area contributed by atoms with Crippen LogP contribution in [0.1, 0.15) is 49.3 Å². The Kier molecular flexibility index (Phi) is 7.39. The molecule has 0 unspecified atom stereocenters. The van der Waals surface area contributed by atoms with Crippen LogP contribution in [0.3, 0.4) is 0 Å². The summed E-state index contributed by atoms with van der Waals surface area (Å²) in [7, 11) is -0.172. The Labute approximate surface area is 231 Å². The maximum Gasteiger partial charge on any atom is 0.229 e. The van der Waals surface area contributed by atoms with Crippen molar-refractivity contribution >= 4 is 38.8 Å². The summed E-state index contributed by atoms with van der Waals surface area (Å²) in [6.07, 6.45) is 7.35. The number of hydrogen-bond acceptors (Lipinski definition) is 9. The third kappa shape index (κ3) is 5.50. The van der Waals surface area contributed by atoms with Gasteiger partial charge in [-0.1, -0.05) is 19.1 Å². The van der Waals surface area contributed by atoms with Crippen LogP contribution >= 0.6 is 0 Å². The average molecular weight is 550 g/mol. The first-order chi connectivity index (χ1) is 18.5. The highest BCUT2D eigenvalue weighted by atomic mass is 32.2. The molecule has 2 aliphatic heterocycles. The summed E-state index contributed by atoms with van der Waals surface area (Å²) >= 11 is 0. The Bertz CT molecular complexity index is 1490. The minimum atomic E-state index is -2.36. The van der Waals surface area contributed by atoms with Crippen LogP contribution in [0.2, 0.25) is 0 Å². The summed E-state index contributed by atoms with van der Waals surface area (Å²) < 4.78 is 16.6. The van der Waals surface area contributed by atoms with Gasteiger partial charge in [0.25, 0.3) is 0 Å². The lowest BCUT2D eigenvalue weighted by Crippen LogP contribution is -2.41. The van der Waals surface area contributed by atoms with Crippen molar-refractivity contribution in [3.63, 3.8) is 0 Å². The maximum absolute atomic E-state index is 12.3. The fourth-order valence-corrected chi connectivity index (χ4v) is 6.27. The van der Waals surface area contributed by atoms with Crippen LogP contribution in [0, 0.1) is 6.92 Å². The molecule has 0 bridgehead atoms. The van der Waals surface area contributed by atoms with Gasteiger partial charge in [-0.15, -0.1) is 0 Å². The normalized spacial score (nSPS) is 22.1. The second-order valence-electron chi connectivity index (χ2n) is 11.5. The van der Waals surface area contributed by atoms with Crippen LogP contribution < -0.4 is 10.2 Å². The summed E-state index contributed by atoms with van der Waals surface area (Å²) in [6.45, 7) is 8.44. The number of likely N-dealkylation sites (tertiary alicyclic amines) is 1. The standard InChI is InChI=1S/C29H39N7O2S/c1-19-16-22(10-11-23(19)21-12-14-35(4)15-13-21)31-28-30-17-24-27(33-28)36(20(2)29(24,3)18-37)26-9-7-8-25(32-26)34-39(5,6)38/h7-11,16-17,20-21,37H,12-15,18H2,1-6H3,(H,30,31,33)/t20-,29-/m1/s1. The van der Waals surface area contributed by atoms with Crippen molar-refractivity contribution in [1.29, 1.82) is 0 Å². The molecule has 1 aromatic carbocycles. The quantitative estimate of drug-likeness (QED) is 0.448. The summed E-state index contributed by atoms with van der Waals surface area (Å²) in [6, 6.07) is 11.8. The molecule has 9 nitrogen and oxygen atoms in total. The third-order valence-corrected chi connectivity index (χ3v) is 8.84. The van der Waals surface area contributed by atoms with Crippen molar-refractivity contribution < 1.29 is 9.32 Å². The number of aliphatic hydroxyl groups is 1. The number of pyridine rings is 1. The van der Waals surface area contributed by atoms with Crippen LogP contribution in [0.15, 0.2) is 47.0 Å². The van der Waals surface area contributed by atoms with Gasteiger partial charge in [0.2, 0.25) is 5.95 Å². The Morgan fingerprint density at radius 2 is 1.92 bits per heavy atom. The Morgan fingerprint density at radius 1 is 1.18 bits per heavy atom. The zero-order valence-corrected chi connectivity index (χ0v) is 24.5. The molecule has 2 aromatic heterocycles. The number of aromatic nitrogens is 3. The largest absolute Gasteiger partial charge is 0.395 e. The molecule has 5 rings (SSSR count). The predicted molar refractivity (Wildman–Crippen MR) is 158 cm³/mol. The number of anilines is 4. The number of nitrogens with zero attached hydrogens (tertiary/aromatic N) is 6. The van der Waals surface area contributed by atoms with Crippen molar-refractivity contribution in [2.24, 2.45) is 4.36 Å². The van der Waals surface area contributed by atoms with Crippen LogP contribution in [0.25, 0.3) is 0 Å². The van der Waals surface area contributed by atoms with E-state index in [-0.39, 0.29) is 12.6 Å². The van der Waals surface area contributed by atoms with Crippen LogP contribution in [-0.2, 0) is 15.1 Å². The van der Waals surface area contributed by atoms with E-state index in [4.69, 9.17) is 4.98 Å². The van der Waals surface area contributed by atoms with E-state index in [1.807, 2.05) is 30.9 Å². The molecule has 208 valence electrons. The van der Waals surface area contributed by atoms with E-state index in [1.165, 1.54) is 24.0 Å². The van der Waals surface area contributed by atoms with Crippen molar-refractivity contribution in [3.8, 4) is 0 Å². The first-order valence-corrected chi connectivity index (χ1v) is 15.8. The number of nitrogens with one attached hydrogen (secondary N) is 1. The molecule has 1 fully saturated rings. The van der Waals surface area contributed by atoms with Crippen molar-refractivity contribution in [3.05, 3.63) is 59.3 Å². The van der Waals surface area contributed by atoms with Crippen molar-refractivity contribution in [2.45, 2.75) is 51.0 Å². The molecule has 3 aromatic rings. The molecule has 0 radical (unpaired) electrons. The molecular weight excluding hydrogens is 510 g/mol. The summed E-state index contributed by atoms with van der Waals surface area (Å²) in [5, 5.41) is 13.8. The molecule has 0 aliphatic carbocycles. The first-order valence-electron chi connectivity index (χ1n) is 13.5. The number of fused-ring (bicyclic) bond motifs is 1. The number of benzene rings is 1. The molecule has 10 heteroatoms. The van der Waals surface area contributed by atoms with Crippen LogP contribution in [-0.4, -0.2) is 74.5 Å². The van der Waals surface area contributed by atoms with Gasteiger partial charge in [0.1, 0.15) is 11.6 Å². The van der Waals surface area contributed by atoms with Gasteiger partial charge >= 0.3 is 0 Å². The second-order valence-corrected chi connectivity index (χ2v) is 14.0. The summed E-state index contributed by atoms with van der Waals surface area (Å²) in [5.41, 5.74) is 3.90. The van der Waals surface area contributed by atoms with E-state index in [9.17, 15) is 9.32 Å². The fourth-order valence-electron chi connectivity index (χ4n) is 5.72. The highest BCUT2D eigenvalue weighted by molar-refractivity contribution is 7.92. The number of piperidine rings is 1. The SMILES string of the molecule is Cc1cc(Nc2ncc3c(n2)N(c2cccc(N=S(C)(C)=O)n2)[C@H](C)[C@@]3(C)CO)ccc1C1CCN(C)CC1. The zero-order chi connectivity index (χ0) is 27.9. The minimum Gasteiger partial charge on any atom is -0.395 e. The van der Waals surface area contributed by atoms with Gasteiger partial charge in [-0.3, -0.25) is 0 Å². The molecule has 0 amide bonds. The molecule has 0 saturated carbocycles. The average Bonchev–Trinajstić information content (AvgIpc) is 3.10. The molecular formula is C29H39N7O2S. The number of rotatable bonds is 6. The van der Waals surface area contributed by atoms with Crippen LogP contribution in [0.4, 0.5) is 29.1 Å². The van der Waals surface area contributed by atoms with Crippen LogP contribution in [0.5, 0.6) is 0 Å². The third-order valence-electron chi connectivity index (χ3n) is 8.21. The van der Waals surface area contributed by atoms with Gasteiger partial charge in [0.15, 0.2) is 5.82 Å². The smallest absolute Gasteiger partial charge is 0.229 e. The topological polar surface area (TPSA) is 107 Å². The van der Waals surface area contributed by atoms with E-state index >= 15 is 0 Å². The predicted octanol–water partition coefficient (Wildman–Crippen LogP) is 4.88. The van der Waals surface area contributed by atoms with Gasteiger partial charge < -0.3 is 20.2 Å². The van der Waals surface area contributed by atoms with Gasteiger partial charge in [-0.2, -0.15) is 9.35 Å². The highest BCUT2D eigenvalue weighted by Gasteiger charge is 2.47. The molecule has 2 N–H and O–H groups in total. The second kappa shape index (κ2) is 10.5. The number of aryl methyl sites for hydroxylation is 1. The van der Waals surface area contributed by atoms with Gasteiger partial charge in [0, 0.05) is 51.1 Å². The van der Waals surface area contributed by atoms with E-state index in [2.05, 4.69) is 56.7 Å². The zero-order valence-electron chi connectivity index (χ0n) is 23.7. The van der Waals surface area contributed by atoms with Gasteiger partial charge in [0.05, 0.1) is 6.61 Å². The monoisotopic (exact) mass is 549 g/mol. The number of aliphatic hydroxyl groups excluding tert-OH is 1. The Hall–Kier alpha value is -3.08. The van der Waals surface area contributed by atoms with Gasteiger partial charge in [-0.05, 0) is 88.1 Å². The Balaban J connectivity index is 1.47. The van der Waals surface area contributed by atoms with E-state index in [0.717, 1.165) is 24.3 Å². The molecule has 0 spiro atoms. The lowest BCUT2D eigenvalue weighted by atomic mass is 9.81. The summed E-state index contributed by atoms with van der Waals surface area (Å²) in [4.78, 5) is 18.6.